The topological polar surface area (TPSA) is 97.1 Å². The molecule has 5 nitrogen and oxygen atoms in total. The number of fused-ring (bicyclic) bond motifs is 5. The van der Waals surface area contributed by atoms with Crippen LogP contribution in [-0.4, -0.2) is 9.97 Å². The van der Waals surface area contributed by atoms with Crippen LogP contribution in [0, 0.1) is 47.8 Å². The van der Waals surface area contributed by atoms with Crippen molar-refractivity contribution in [3.05, 3.63) is 106 Å². The predicted molar refractivity (Wildman–Crippen MR) is 244 cm³/mol. The average molecular weight is 798 g/mol. The molecular formula is C51H51N5S2. The van der Waals surface area contributed by atoms with Crippen molar-refractivity contribution in [1.29, 1.82) is 15.8 Å². The van der Waals surface area contributed by atoms with Gasteiger partial charge in [-0.3, -0.25) is 0 Å². The quantitative estimate of drug-likeness (QED) is 0.0855. The number of hydrogen-bond acceptors (Lipinski definition) is 7. The van der Waals surface area contributed by atoms with Gasteiger partial charge < -0.3 is 0 Å². The number of aryl methyl sites for hydroxylation is 4. The molecule has 0 atom stereocenters. The highest BCUT2D eigenvalue weighted by Gasteiger charge is 2.21. The minimum Gasteiger partial charge on any atom is -0.228 e. The van der Waals surface area contributed by atoms with Gasteiger partial charge in [0.15, 0.2) is 5.82 Å². The van der Waals surface area contributed by atoms with Gasteiger partial charge in [0.25, 0.3) is 0 Å². The largest absolute Gasteiger partial charge is 0.228 e. The van der Waals surface area contributed by atoms with E-state index in [1.165, 1.54) is 128 Å². The third-order valence-electron chi connectivity index (χ3n) is 11.4. The first kappa shape index (κ1) is 40.8. The Morgan fingerprint density at radius 3 is 1.74 bits per heavy atom. The van der Waals surface area contributed by atoms with E-state index in [4.69, 9.17) is 9.97 Å². The summed E-state index contributed by atoms with van der Waals surface area (Å²) >= 11 is 3.67. The van der Waals surface area contributed by atoms with Gasteiger partial charge >= 0.3 is 0 Å². The summed E-state index contributed by atoms with van der Waals surface area (Å²) in [5.41, 5.74) is 9.83. The molecule has 3 aromatic heterocycles. The molecule has 7 heteroatoms. The van der Waals surface area contributed by atoms with Crippen molar-refractivity contribution >= 4 is 52.2 Å². The van der Waals surface area contributed by atoms with Gasteiger partial charge in [0.2, 0.25) is 0 Å². The molecule has 4 aromatic carbocycles. The Morgan fingerprint density at radius 1 is 0.552 bits per heavy atom. The zero-order valence-electron chi connectivity index (χ0n) is 34.3. The van der Waals surface area contributed by atoms with Crippen LogP contribution < -0.4 is 0 Å². The Morgan fingerprint density at radius 2 is 1.12 bits per heavy atom. The highest BCUT2D eigenvalue weighted by Crippen LogP contribution is 2.45. The van der Waals surface area contributed by atoms with Gasteiger partial charge in [-0.15, -0.1) is 22.7 Å². The van der Waals surface area contributed by atoms with Crippen LogP contribution in [0.3, 0.4) is 0 Å². The van der Waals surface area contributed by atoms with Crippen molar-refractivity contribution in [2.45, 2.75) is 118 Å². The Balaban J connectivity index is 1.38. The molecule has 7 rings (SSSR count). The number of thiophene rings is 2. The standard InChI is InChI=1S/C51H51N5S2/c1-5-7-9-11-13-15-17-36-27-43(37(24-34(36)4)18-16-14-12-10-8-6-2)45-29-44(55-51(56-45)48-39(31-53)25-35(30-52)26-40(48)32-54)38-20-22-42-47(28-38)58-49-41-21-19-33(3)23-46(41)57-50(42)49/h19-29H,5-18H2,1-4H3. The van der Waals surface area contributed by atoms with E-state index in [-0.39, 0.29) is 16.7 Å². The SMILES string of the molecule is CCCCCCCCc1cc(-c2cc(-c3ccc4c(c3)sc3c5ccc(C)cc5sc43)nc(-c3c(C#N)cc(C#N)cc3C#N)n2)c(CCCCCCCC)cc1C. The van der Waals surface area contributed by atoms with E-state index < -0.39 is 0 Å². The molecule has 0 radical (unpaired) electrons. The zero-order chi connectivity index (χ0) is 40.6. The van der Waals surface area contributed by atoms with Crippen molar-refractivity contribution < 1.29 is 0 Å². The smallest absolute Gasteiger partial charge is 0.163 e. The van der Waals surface area contributed by atoms with Gasteiger partial charge in [0, 0.05) is 31.3 Å². The van der Waals surface area contributed by atoms with Gasteiger partial charge in [-0.1, -0.05) is 108 Å². The second kappa shape index (κ2) is 18.9. The van der Waals surface area contributed by atoms with Crippen LogP contribution in [0.15, 0.2) is 66.7 Å². The molecule has 292 valence electrons. The Bertz CT molecular complexity index is 2700. The minimum atomic E-state index is 0.217. The monoisotopic (exact) mass is 797 g/mol. The summed E-state index contributed by atoms with van der Waals surface area (Å²) in [4.78, 5) is 10.4. The molecule has 3 heterocycles. The Labute approximate surface area is 351 Å². The van der Waals surface area contributed by atoms with Crippen LogP contribution >= 0.6 is 22.7 Å². The normalized spacial score (nSPS) is 11.3. The maximum atomic E-state index is 10.4. The van der Waals surface area contributed by atoms with E-state index in [1.54, 1.807) is 0 Å². The summed E-state index contributed by atoms with van der Waals surface area (Å²) < 4.78 is 5.12. The van der Waals surface area contributed by atoms with E-state index in [2.05, 4.69) is 100 Å². The van der Waals surface area contributed by atoms with Gasteiger partial charge in [0.1, 0.15) is 0 Å². The van der Waals surface area contributed by atoms with Gasteiger partial charge in [0.05, 0.1) is 61.2 Å². The second-order valence-electron chi connectivity index (χ2n) is 15.8. The maximum Gasteiger partial charge on any atom is 0.163 e. The number of unbranched alkanes of at least 4 members (excludes halogenated alkanes) is 10. The van der Waals surface area contributed by atoms with Crippen molar-refractivity contribution in [2.75, 3.05) is 0 Å². The van der Waals surface area contributed by atoms with Crippen LogP contribution in [0.1, 0.15) is 130 Å². The van der Waals surface area contributed by atoms with Gasteiger partial charge in [-0.2, -0.15) is 15.8 Å². The van der Waals surface area contributed by atoms with E-state index in [0.717, 1.165) is 48.2 Å². The molecule has 0 amide bonds. The van der Waals surface area contributed by atoms with Crippen LogP contribution in [0.5, 0.6) is 0 Å². The molecule has 0 saturated carbocycles. The van der Waals surface area contributed by atoms with E-state index in [9.17, 15) is 15.8 Å². The predicted octanol–water partition coefficient (Wildman–Crippen LogP) is 15.1. The van der Waals surface area contributed by atoms with Crippen LogP contribution in [-0.2, 0) is 12.8 Å². The lowest BCUT2D eigenvalue weighted by Gasteiger charge is -2.17. The fraction of sp³-hybridized carbons (Fsp3) is 0.353. The first-order chi connectivity index (χ1) is 28.3. The van der Waals surface area contributed by atoms with E-state index >= 15 is 0 Å². The molecule has 0 aliphatic heterocycles. The fourth-order valence-electron chi connectivity index (χ4n) is 8.21. The number of nitrogens with zero attached hydrogens (tertiary/aromatic N) is 5. The number of aromatic nitrogens is 2. The second-order valence-corrected chi connectivity index (χ2v) is 17.9. The summed E-state index contributed by atoms with van der Waals surface area (Å²) in [7, 11) is 0. The molecule has 7 aromatic rings. The molecule has 0 bridgehead atoms. The van der Waals surface area contributed by atoms with Crippen LogP contribution in [0.2, 0.25) is 0 Å². The molecule has 0 spiro atoms. The Kier molecular flexibility index (Phi) is 13.3. The molecule has 0 aliphatic carbocycles. The lowest BCUT2D eigenvalue weighted by molar-refractivity contribution is 0.605. The first-order valence-electron chi connectivity index (χ1n) is 21.1. The summed E-state index contributed by atoms with van der Waals surface area (Å²) in [6.07, 6.45) is 16.7. The summed E-state index contributed by atoms with van der Waals surface area (Å²) in [5, 5.41) is 33.0. The maximum absolute atomic E-state index is 10.4. The van der Waals surface area contributed by atoms with Crippen LogP contribution in [0.4, 0.5) is 0 Å². The van der Waals surface area contributed by atoms with Crippen LogP contribution in [0.25, 0.3) is 63.5 Å². The molecule has 0 fully saturated rings. The molecule has 0 saturated heterocycles. The van der Waals surface area contributed by atoms with Crippen molar-refractivity contribution in [1.82, 2.24) is 9.97 Å². The van der Waals surface area contributed by atoms with Gasteiger partial charge in [-0.25, -0.2) is 9.97 Å². The third-order valence-corrected chi connectivity index (χ3v) is 13.9. The highest BCUT2D eigenvalue weighted by molar-refractivity contribution is 7.36. The molecule has 58 heavy (non-hydrogen) atoms. The summed E-state index contributed by atoms with van der Waals surface area (Å²) in [6, 6.07) is 29.8. The zero-order valence-corrected chi connectivity index (χ0v) is 35.9. The van der Waals surface area contributed by atoms with E-state index in [0.29, 0.717) is 11.4 Å². The molecule has 0 unspecified atom stereocenters. The molecule has 0 N–H and O–H groups in total. The summed E-state index contributed by atoms with van der Waals surface area (Å²) in [5.74, 6) is 0.322. The highest BCUT2D eigenvalue weighted by atomic mass is 32.1. The number of benzene rings is 4. The fourth-order valence-corrected chi connectivity index (χ4v) is 11.0. The van der Waals surface area contributed by atoms with Crippen molar-refractivity contribution in [2.24, 2.45) is 0 Å². The summed E-state index contributed by atoms with van der Waals surface area (Å²) in [6.45, 7) is 8.91. The molecule has 0 aliphatic rings. The van der Waals surface area contributed by atoms with Crippen molar-refractivity contribution in [3.63, 3.8) is 0 Å². The average Bonchev–Trinajstić information content (AvgIpc) is 3.78. The Hall–Kier alpha value is -5.39. The third kappa shape index (κ3) is 8.85. The van der Waals surface area contributed by atoms with E-state index in [1.807, 2.05) is 22.7 Å². The minimum absolute atomic E-state index is 0.217. The number of rotatable bonds is 17. The number of hydrogen-bond donors (Lipinski definition) is 0. The molecular weight excluding hydrogens is 747 g/mol. The van der Waals surface area contributed by atoms with Crippen molar-refractivity contribution in [3.8, 4) is 52.1 Å². The van der Waals surface area contributed by atoms with Gasteiger partial charge in [-0.05, 0) is 98.2 Å². The lowest BCUT2D eigenvalue weighted by Crippen LogP contribution is -2.03. The number of nitriles is 3. The first-order valence-corrected chi connectivity index (χ1v) is 22.7. The lowest BCUT2D eigenvalue weighted by atomic mass is 9.90.